The molecule has 138 valence electrons. The summed E-state index contributed by atoms with van der Waals surface area (Å²) in [5.41, 5.74) is 4.84. The molecule has 1 heterocycles. The molecule has 0 aliphatic rings. The summed E-state index contributed by atoms with van der Waals surface area (Å²) in [5.74, 6) is -0.120. The first-order chi connectivity index (χ1) is 12.3. The van der Waals surface area contributed by atoms with Crippen molar-refractivity contribution in [3.63, 3.8) is 0 Å². The zero-order valence-corrected chi connectivity index (χ0v) is 16.7. The van der Waals surface area contributed by atoms with E-state index in [4.69, 9.17) is 28.0 Å². The number of halogens is 2. The maximum Gasteiger partial charge on any atom is 0.224 e. The summed E-state index contributed by atoms with van der Waals surface area (Å²) in [6, 6.07) is 7.13. The third kappa shape index (κ3) is 5.19. The van der Waals surface area contributed by atoms with Crippen molar-refractivity contribution in [3.05, 3.63) is 56.8 Å². The number of anilines is 1. The molecule has 7 heteroatoms. The smallest absolute Gasteiger partial charge is 0.224 e. The van der Waals surface area contributed by atoms with Gasteiger partial charge in [0, 0.05) is 24.1 Å². The zero-order chi connectivity index (χ0) is 19.3. The molecule has 0 aliphatic heterocycles. The number of carbonyl (C=O) groups is 1. The summed E-state index contributed by atoms with van der Waals surface area (Å²) >= 11 is 12.0. The van der Waals surface area contributed by atoms with Crippen molar-refractivity contribution < 1.29 is 9.63 Å². The van der Waals surface area contributed by atoms with Crippen molar-refractivity contribution in [2.24, 2.45) is 5.16 Å². The Morgan fingerprint density at radius 2 is 1.88 bits per heavy atom. The van der Waals surface area contributed by atoms with Crippen LogP contribution >= 0.6 is 23.2 Å². The van der Waals surface area contributed by atoms with Crippen LogP contribution in [-0.4, -0.2) is 23.7 Å². The van der Waals surface area contributed by atoms with Crippen molar-refractivity contribution >= 4 is 40.5 Å². The Kier molecular flexibility index (Phi) is 7.00. The Morgan fingerprint density at radius 3 is 2.50 bits per heavy atom. The van der Waals surface area contributed by atoms with E-state index in [1.54, 1.807) is 18.2 Å². The number of pyridine rings is 1. The van der Waals surface area contributed by atoms with Crippen molar-refractivity contribution in [3.8, 4) is 0 Å². The monoisotopic (exact) mass is 393 g/mol. The highest BCUT2D eigenvalue weighted by atomic mass is 35.5. The average Bonchev–Trinajstić information content (AvgIpc) is 2.57. The van der Waals surface area contributed by atoms with Crippen LogP contribution in [0.25, 0.3) is 0 Å². The number of carbonyl (C=O) groups excluding carboxylic acids is 1. The molecule has 0 atom stereocenters. The summed E-state index contributed by atoms with van der Waals surface area (Å²) < 4.78 is 0. The third-order valence-electron chi connectivity index (χ3n) is 3.83. The first-order valence-electron chi connectivity index (χ1n) is 8.12. The van der Waals surface area contributed by atoms with Gasteiger partial charge in [0.2, 0.25) is 5.91 Å². The molecule has 0 aliphatic carbocycles. The largest absolute Gasteiger partial charge is 0.399 e. The highest BCUT2D eigenvalue weighted by Gasteiger charge is 2.13. The highest BCUT2D eigenvalue weighted by molar-refractivity contribution is 6.42. The van der Waals surface area contributed by atoms with E-state index in [2.05, 4.69) is 15.5 Å². The van der Waals surface area contributed by atoms with E-state index >= 15 is 0 Å². The van der Waals surface area contributed by atoms with Crippen molar-refractivity contribution in [2.75, 3.05) is 12.4 Å². The van der Waals surface area contributed by atoms with Crippen LogP contribution in [0.4, 0.5) is 5.69 Å². The number of aromatic nitrogens is 1. The van der Waals surface area contributed by atoms with Gasteiger partial charge in [-0.25, -0.2) is 0 Å². The molecule has 0 saturated heterocycles. The lowest BCUT2D eigenvalue weighted by Crippen LogP contribution is -2.16. The molecule has 2 aromatic rings. The molecule has 0 unspecified atom stereocenters. The number of hydrogen-bond donors (Lipinski definition) is 1. The topological polar surface area (TPSA) is 63.6 Å². The lowest BCUT2D eigenvalue weighted by atomic mass is 10.1. The summed E-state index contributed by atoms with van der Waals surface area (Å²) in [4.78, 5) is 21.7. The molecule has 0 spiro atoms. The number of amides is 1. The van der Waals surface area contributed by atoms with Crippen LogP contribution in [0.5, 0.6) is 0 Å². The lowest BCUT2D eigenvalue weighted by Gasteiger charge is -2.12. The number of benzene rings is 1. The fraction of sp³-hybridized carbons (Fsp3) is 0.316. The minimum atomic E-state index is -0.120. The van der Waals surface area contributed by atoms with Crippen LogP contribution in [0.1, 0.15) is 35.4 Å². The van der Waals surface area contributed by atoms with Gasteiger partial charge < -0.3 is 10.2 Å². The Balaban J connectivity index is 2.08. The Morgan fingerprint density at radius 1 is 1.15 bits per heavy atom. The molecule has 1 N–H and O–H groups in total. The van der Waals surface area contributed by atoms with Gasteiger partial charge in [-0.15, -0.1) is 0 Å². The molecule has 0 saturated carbocycles. The molecule has 26 heavy (non-hydrogen) atoms. The van der Waals surface area contributed by atoms with Crippen LogP contribution in [0.2, 0.25) is 10.0 Å². The second-order valence-electron chi connectivity index (χ2n) is 5.94. The van der Waals surface area contributed by atoms with Gasteiger partial charge >= 0.3 is 0 Å². The maximum absolute atomic E-state index is 12.4. The van der Waals surface area contributed by atoms with Gasteiger partial charge in [-0.05, 0) is 44.5 Å². The number of hydrogen-bond acceptors (Lipinski definition) is 4. The van der Waals surface area contributed by atoms with Crippen LogP contribution < -0.4 is 5.32 Å². The van der Waals surface area contributed by atoms with Crippen LogP contribution in [0, 0.1) is 20.8 Å². The predicted molar refractivity (Wildman–Crippen MR) is 106 cm³/mol. The van der Waals surface area contributed by atoms with Gasteiger partial charge in [-0.1, -0.05) is 34.4 Å². The van der Waals surface area contributed by atoms with Crippen LogP contribution in [-0.2, 0) is 9.63 Å². The Bertz CT molecular complexity index is 828. The number of rotatable bonds is 6. The van der Waals surface area contributed by atoms with E-state index in [9.17, 15) is 4.79 Å². The molecule has 5 nitrogen and oxygen atoms in total. The van der Waals surface area contributed by atoms with Gasteiger partial charge in [0.25, 0.3) is 0 Å². The summed E-state index contributed by atoms with van der Waals surface area (Å²) in [6.07, 6.45) is 0.643. The maximum atomic E-state index is 12.4. The summed E-state index contributed by atoms with van der Waals surface area (Å²) in [5, 5.41) is 7.83. The molecule has 2 rings (SSSR count). The average molecular weight is 394 g/mol. The van der Waals surface area contributed by atoms with E-state index in [-0.39, 0.29) is 12.3 Å². The standard InChI is InChI=1S/C19H21Cl2N3O2/c1-11-9-12(2)22-13(3)19(11)23-18(25)8-7-17(24-26-4)14-5-6-15(20)16(21)10-14/h5-6,9-10H,7-8H2,1-4H3,(H,23,25). The van der Waals surface area contributed by atoms with Crippen molar-refractivity contribution in [1.82, 2.24) is 4.98 Å². The molecule has 1 aromatic heterocycles. The minimum Gasteiger partial charge on any atom is -0.399 e. The van der Waals surface area contributed by atoms with E-state index in [0.717, 1.165) is 28.2 Å². The minimum absolute atomic E-state index is 0.120. The lowest BCUT2D eigenvalue weighted by molar-refractivity contribution is -0.116. The highest BCUT2D eigenvalue weighted by Crippen LogP contribution is 2.24. The quantitative estimate of drug-likeness (QED) is 0.549. The second kappa shape index (κ2) is 9.01. The van der Waals surface area contributed by atoms with E-state index in [1.807, 2.05) is 26.8 Å². The molecular formula is C19H21Cl2N3O2. The van der Waals surface area contributed by atoms with Crippen LogP contribution in [0.15, 0.2) is 29.4 Å². The Hall–Kier alpha value is -2.11. The molecule has 1 amide bonds. The van der Waals surface area contributed by atoms with E-state index in [0.29, 0.717) is 22.2 Å². The van der Waals surface area contributed by atoms with Crippen LogP contribution in [0.3, 0.4) is 0 Å². The second-order valence-corrected chi connectivity index (χ2v) is 6.75. The Labute approximate surface area is 163 Å². The third-order valence-corrected chi connectivity index (χ3v) is 4.57. The van der Waals surface area contributed by atoms with Gasteiger partial charge in [-0.3, -0.25) is 9.78 Å². The number of oxime groups is 1. The number of nitrogens with one attached hydrogen (secondary N) is 1. The fourth-order valence-corrected chi connectivity index (χ4v) is 2.97. The SMILES string of the molecule is CON=C(CCC(=O)Nc1c(C)cc(C)nc1C)c1ccc(Cl)c(Cl)c1. The number of nitrogens with zero attached hydrogens (tertiary/aromatic N) is 2. The molecule has 0 radical (unpaired) electrons. The molecule has 0 bridgehead atoms. The molecule has 1 aromatic carbocycles. The fourth-order valence-electron chi connectivity index (χ4n) is 2.67. The van der Waals surface area contributed by atoms with Gasteiger partial charge in [0.15, 0.2) is 0 Å². The first kappa shape index (κ1) is 20.2. The van der Waals surface area contributed by atoms with E-state index in [1.165, 1.54) is 7.11 Å². The van der Waals surface area contributed by atoms with Crippen molar-refractivity contribution in [1.29, 1.82) is 0 Å². The van der Waals surface area contributed by atoms with Gasteiger partial charge in [0.05, 0.1) is 27.1 Å². The van der Waals surface area contributed by atoms with Gasteiger partial charge in [0.1, 0.15) is 7.11 Å². The van der Waals surface area contributed by atoms with Gasteiger partial charge in [-0.2, -0.15) is 0 Å². The summed E-state index contributed by atoms with van der Waals surface area (Å²) in [6.45, 7) is 5.75. The van der Waals surface area contributed by atoms with E-state index < -0.39 is 0 Å². The normalized spacial score (nSPS) is 11.4. The molecule has 0 fully saturated rings. The number of aryl methyl sites for hydroxylation is 3. The molecular weight excluding hydrogens is 373 g/mol. The predicted octanol–water partition coefficient (Wildman–Crippen LogP) is 5.08. The first-order valence-corrected chi connectivity index (χ1v) is 8.87. The zero-order valence-electron chi connectivity index (χ0n) is 15.2. The van der Waals surface area contributed by atoms with Crippen molar-refractivity contribution in [2.45, 2.75) is 33.6 Å². The summed E-state index contributed by atoms with van der Waals surface area (Å²) in [7, 11) is 1.46.